The maximum Gasteiger partial charge on any atom is 0.323 e. The second-order valence-corrected chi connectivity index (χ2v) is 10.0. The van der Waals surface area contributed by atoms with E-state index in [2.05, 4.69) is 0 Å². The van der Waals surface area contributed by atoms with Gasteiger partial charge in [0.05, 0.1) is 18.7 Å². The molecule has 10 heteroatoms. The lowest BCUT2D eigenvalue weighted by Gasteiger charge is -2.10. The third-order valence-corrected chi connectivity index (χ3v) is 6.90. The zero-order chi connectivity index (χ0) is 30.1. The molecule has 0 fully saturated rings. The van der Waals surface area contributed by atoms with Crippen molar-refractivity contribution in [2.75, 3.05) is 13.2 Å². The number of carboxylic acid groups (broad SMARTS) is 2. The van der Waals surface area contributed by atoms with E-state index in [-0.39, 0.29) is 30.3 Å². The van der Waals surface area contributed by atoms with Crippen LogP contribution >= 0.6 is 11.6 Å². The van der Waals surface area contributed by atoms with Crippen LogP contribution in [-0.4, -0.2) is 39.9 Å². The van der Waals surface area contributed by atoms with Gasteiger partial charge in [-0.1, -0.05) is 54.1 Å². The van der Waals surface area contributed by atoms with Gasteiger partial charge in [0.2, 0.25) is 0 Å². The van der Waals surface area contributed by atoms with Gasteiger partial charge in [-0.15, -0.1) is 0 Å². The lowest BCUT2D eigenvalue weighted by atomic mass is 10.0. The van der Waals surface area contributed by atoms with Crippen molar-refractivity contribution < 1.29 is 38.1 Å². The predicted octanol–water partition coefficient (Wildman–Crippen LogP) is 7.47. The number of rotatable bonds is 15. The second kappa shape index (κ2) is 14.5. The Balaban J connectivity index is 1.34. The summed E-state index contributed by atoms with van der Waals surface area (Å²) in [4.78, 5) is 22.4. The van der Waals surface area contributed by atoms with Gasteiger partial charge in [0.1, 0.15) is 23.1 Å². The number of hydrogen-bond acceptors (Lipinski definition) is 4. The second-order valence-electron chi connectivity index (χ2n) is 9.65. The molecule has 2 N–H and O–H groups in total. The molecular formula is C32H30ClF2NO6. The largest absolute Gasteiger partial charge is 0.494 e. The van der Waals surface area contributed by atoms with E-state index >= 15 is 0 Å². The molecule has 1 heterocycles. The Kier molecular flexibility index (Phi) is 10.6. The number of benzene rings is 3. The number of carbonyl (C=O) groups is 2. The van der Waals surface area contributed by atoms with Gasteiger partial charge in [-0.3, -0.25) is 9.59 Å². The van der Waals surface area contributed by atoms with Crippen molar-refractivity contribution in [2.24, 2.45) is 0 Å². The van der Waals surface area contributed by atoms with Crippen molar-refractivity contribution in [3.05, 3.63) is 94.1 Å². The lowest BCUT2D eigenvalue weighted by molar-refractivity contribution is -0.138. The number of fused-ring (bicyclic) bond motifs is 1. The molecule has 0 atom stereocenters. The molecule has 220 valence electrons. The fourth-order valence-corrected chi connectivity index (χ4v) is 4.78. The van der Waals surface area contributed by atoms with Crippen molar-refractivity contribution in [2.45, 2.75) is 38.6 Å². The Labute approximate surface area is 246 Å². The van der Waals surface area contributed by atoms with Gasteiger partial charge in [-0.05, 0) is 66.6 Å². The molecule has 0 aliphatic heterocycles. The van der Waals surface area contributed by atoms with Crippen LogP contribution in [0.1, 0.15) is 42.4 Å². The smallest absolute Gasteiger partial charge is 0.323 e. The highest BCUT2D eigenvalue weighted by Crippen LogP contribution is 2.31. The molecule has 0 saturated heterocycles. The Morgan fingerprint density at radius 3 is 2.29 bits per heavy atom. The van der Waals surface area contributed by atoms with Gasteiger partial charge < -0.3 is 24.3 Å². The fraction of sp³-hybridized carbons (Fsp3) is 0.250. The lowest BCUT2D eigenvalue weighted by Crippen LogP contribution is -2.07. The third kappa shape index (κ3) is 8.10. The summed E-state index contributed by atoms with van der Waals surface area (Å²) in [5.41, 5.74) is 3.47. The van der Waals surface area contributed by atoms with Crippen molar-refractivity contribution in [3.63, 3.8) is 0 Å². The Hall–Kier alpha value is -4.37. The summed E-state index contributed by atoms with van der Waals surface area (Å²) < 4.78 is 40.0. The Morgan fingerprint density at radius 2 is 1.57 bits per heavy atom. The number of aromatic nitrogens is 1. The molecule has 0 saturated carbocycles. The van der Waals surface area contributed by atoms with Gasteiger partial charge >= 0.3 is 11.9 Å². The van der Waals surface area contributed by atoms with Gasteiger partial charge in [0.15, 0.2) is 11.6 Å². The molecule has 7 nitrogen and oxygen atoms in total. The molecule has 1 aromatic heterocycles. The van der Waals surface area contributed by atoms with Crippen LogP contribution < -0.4 is 9.47 Å². The number of hydrogen-bond donors (Lipinski definition) is 2. The first kappa shape index (κ1) is 30.6. The van der Waals surface area contributed by atoms with Crippen molar-refractivity contribution >= 4 is 46.6 Å². The van der Waals surface area contributed by atoms with E-state index in [0.717, 1.165) is 39.7 Å². The zero-order valence-corrected chi connectivity index (χ0v) is 23.4. The highest BCUT2D eigenvalue weighted by atomic mass is 35.5. The van der Waals surface area contributed by atoms with Crippen LogP contribution in [0.2, 0.25) is 5.02 Å². The molecule has 0 aliphatic rings. The van der Waals surface area contributed by atoms with E-state index in [9.17, 15) is 23.5 Å². The number of unbranched alkanes of at least 4 members (excludes halogenated alkanes) is 1. The van der Waals surface area contributed by atoms with Crippen LogP contribution in [0.3, 0.4) is 0 Å². The van der Waals surface area contributed by atoms with Crippen molar-refractivity contribution in [1.29, 1.82) is 0 Å². The first-order chi connectivity index (χ1) is 20.2. The molecule has 0 aliphatic carbocycles. The monoisotopic (exact) mass is 597 g/mol. The summed E-state index contributed by atoms with van der Waals surface area (Å²) in [7, 11) is 0. The predicted molar refractivity (Wildman–Crippen MR) is 157 cm³/mol. The number of halogens is 3. The first-order valence-electron chi connectivity index (χ1n) is 13.4. The topological polar surface area (TPSA) is 98.0 Å². The molecule has 0 amide bonds. The van der Waals surface area contributed by atoms with Crippen LogP contribution in [0.25, 0.3) is 23.1 Å². The van der Waals surface area contributed by atoms with Gasteiger partial charge in [-0.25, -0.2) is 8.78 Å². The summed E-state index contributed by atoms with van der Waals surface area (Å²) in [6.07, 6.45) is 7.89. The molecule has 42 heavy (non-hydrogen) atoms. The zero-order valence-electron chi connectivity index (χ0n) is 22.7. The van der Waals surface area contributed by atoms with E-state index in [1.807, 2.05) is 54.6 Å². The average molecular weight is 598 g/mol. The Morgan fingerprint density at radius 1 is 0.857 bits per heavy atom. The van der Waals surface area contributed by atoms with Gasteiger partial charge in [-0.2, -0.15) is 0 Å². The highest BCUT2D eigenvalue weighted by Gasteiger charge is 2.14. The highest BCUT2D eigenvalue weighted by molar-refractivity contribution is 6.32. The Bertz CT molecular complexity index is 1580. The summed E-state index contributed by atoms with van der Waals surface area (Å²) in [5, 5.41) is 18.9. The van der Waals surface area contributed by atoms with Gasteiger partial charge in [0.25, 0.3) is 0 Å². The number of nitrogens with zero attached hydrogens (tertiary/aromatic N) is 1. The van der Waals surface area contributed by atoms with Crippen LogP contribution in [0, 0.1) is 11.6 Å². The minimum absolute atomic E-state index is 0.0481. The number of aryl methyl sites for hydroxylation is 1. The SMILES string of the molecule is O=C(O)CCCc1cn(CC(=O)O)c2c(C=Cc3ccc(OCCCCOc4c(F)ccc(F)c4Cl)cc3)cccc12. The van der Waals surface area contributed by atoms with E-state index in [1.165, 1.54) is 0 Å². The van der Waals surface area contributed by atoms with Crippen molar-refractivity contribution in [1.82, 2.24) is 4.57 Å². The van der Waals surface area contributed by atoms with E-state index in [0.29, 0.717) is 38.0 Å². The molecule has 4 aromatic rings. The number of carboxylic acids is 2. The molecule has 0 radical (unpaired) electrons. The molecule has 0 bridgehead atoms. The molecule has 4 rings (SSSR count). The van der Waals surface area contributed by atoms with Crippen LogP contribution in [0.4, 0.5) is 8.78 Å². The van der Waals surface area contributed by atoms with E-state index in [4.69, 9.17) is 26.2 Å². The maximum absolute atomic E-state index is 13.8. The standard InChI is InChI=1S/C32H30ClF2NO6/c33-30-26(34)15-16-27(35)32(30)42-18-2-1-17-41-24-13-10-21(11-14-24)9-12-22-5-3-7-25-23(6-4-8-28(37)38)19-36(31(22)25)20-29(39)40/h3,5,7,9-16,19H,1-2,4,6,8,17-18,20H2,(H,37,38)(H,39,40). The van der Waals surface area contributed by atoms with E-state index < -0.39 is 23.6 Å². The summed E-state index contributed by atoms with van der Waals surface area (Å²) in [6.45, 7) is 0.378. The average Bonchev–Trinajstić information content (AvgIpc) is 3.30. The van der Waals surface area contributed by atoms with Crippen LogP contribution in [0.15, 0.2) is 60.8 Å². The number of ether oxygens (including phenoxy) is 2. The minimum Gasteiger partial charge on any atom is -0.494 e. The number of para-hydroxylation sites is 1. The molecule has 0 unspecified atom stereocenters. The van der Waals surface area contributed by atoms with Crippen LogP contribution in [0.5, 0.6) is 11.5 Å². The number of aliphatic carboxylic acids is 2. The van der Waals surface area contributed by atoms with Crippen molar-refractivity contribution in [3.8, 4) is 11.5 Å². The maximum atomic E-state index is 13.8. The van der Waals surface area contributed by atoms with Crippen LogP contribution in [-0.2, 0) is 22.6 Å². The third-order valence-electron chi connectivity index (χ3n) is 6.55. The fourth-order valence-electron chi connectivity index (χ4n) is 4.57. The summed E-state index contributed by atoms with van der Waals surface area (Å²) in [5.74, 6) is -2.88. The molecule has 0 spiro atoms. The molecule has 3 aromatic carbocycles. The van der Waals surface area contributed by atoms with Gasteiger partial charge in [0, 0.05) is 18.0 Å². The first-order valence-corrected chi connectivity index (χ1v) is 13.8. The normalized spacial score (nSPS) is 11.3. The van der Waals surface area contributed by atoms with E-state index in [1.54, 1.807) is 10.8 Å². The quantitative estimate of drug-likeness (QED) is 0.0838. The summed E-state index contributed by atoms with van der Waals surface area (Å²) in [6, 6.07) is 15.1. The minimum atomic E-state index is -0.962. The molecular weight excluding hydrogens is 568 g/mol. The summed E-state index contributed by atoms with van der Waals surface area (Å²) >= 11 is 5.76.